The standard InChI is InChI=1S/C23H19ClF9N5O/c1-34-19(7-8-19)36-18(39)14-9-12(3-4-15(14)24)13-10-35-38(11-13)17-6-5-16(37(17)2)20(25,22(28,29)30)21(26,27)23(31,32)33/h3-6,9-11,34H,7-8H2,1-2H3,(H,36,39). The van der Waals surface area contributed by atoms with E-state index in [4.69, 9.17) is 11.6 Å². The van der Waals surface area contributed by atoms with Crippen molar-refractivity contribution in [3.8, 4) is 16.9 Å². The summed E-state index contributed by atoms with van der Waals surface area (Å²) in [6, 6.07) is 5.24. The molecule has 4 rings (SSSR count). The Kier molecular flexibility index (Phi) is 6.78. The van der Waals surface area contributed by atoms with Gasteiger partial charge in [0.25, 0.3) is 5.91 Å². The number of hydrogen-bond donors (Lipinski definition) is 2. The number of amides is 1. The molecule has 3 aromatic rings. The summed E-state index contributed by atoms with van der Waals surface area (Å²) in [6.07, 6.45) is -9.65. The first-order valence-corrected chi connectivity index (χ1v) is 11.5. The van der Waals surface area contributed by atoms with Crippen LogP contribution in [0.3, 0.4) is 0 Å². The number of nitrogens with zero attached hydrogens (tertiary/aromatic N) is 3. The summed E-state index contributed by atoms with van der Waals surface area (Å²) >= 11 is 6.17. The maximum atomic E-state index is 15.0. The summed E-state index contributed by atoms with van der Waals surface area (Å²) in [7, 11) is 2.37. The third kappa shape index (κ3) is 4.64. The Morgan fingerprint density at radius 3 is 2.15 bits per heavy atom. The largest absolute Gasteiger partial charge is 0.457 e. The van der Waals surface area contributed by atoms with Gasteiger partial charge in [-0.2, -0.15) is 40.2 Å². The highest BCUT2D eigenvalue weighted by Crippen LogP contribution is 2.58. The molecule has 1 aromatic carbocycles. The monoisotopic (exact) mass is 587 g/mol. The summed E-state index contributed by atoms with van der Waals surface area (Å²) in [6.45, 7) is 0. The number of benzene rings is 1. The van der Waals surface area contributed by atoms with E-state index in [0.717, 1.165) is 4.68 Å². The third-order valence-electron chi connectivity index (χ3n) is 6.57. The second-order valence-corrected chi connectivity index (χ2v) is 9.43. The van der Waals surface area contributed by atoms with E-state index in [1.807, 2.05) is 0 Å². The van der Waals surface area contributed by atoms with Crippen LogP contribution < -0.4 is 10.6 Å². The molecule has 1 amide bonds. The summed E-state index contributed by atoms with van der Waals surface area (Å²) in [5.41, 5.74) is -7.86. The van der Waals surface area contributed by atoms with Crippen LogP contribution in [0.2, 0.25) is 5.02 Å². The van der Waals surface area contributed by atoms with E-state index in [2.05, 4.69) is 15.7 Å². The van der Waals surface area contributed by atoms with Crippen molar-refractivity contribution in [2.75, 3.05) is 7.05 Å². The van der Waals surface area contributed by atoms with Crippen LogP contribution in [0.15, 0.2) is 42.7 Å². The molecule has 2 N–H and O–H groups in total. The Labute approximate surface area is 219 Å². The average molecular weight is 588 g/mol. The highest BCUT2D eigenvalue weighted by atomic mass is 35.5. The van der Waals surface area contributed by atoms with E-state index in [1.165, 1.54) is 30.6 Å². The zero-order valence-electron chi connectivity index (χ0n) is 20.0. The predicted molar refractivity (Wildman–Crippen MR) is 121 cm³/mol. The van der Waals surface area contributed by atoms with Gasteiger partial charge in [-0.1, -0.05) is 17.7 Å². The Morgan fingerprint density at radius 1 is 0.974 bits per heavy atom. The van der Waals surface area contributed by atoms with Crippen molar-refractivity contribution in [3.05, 3.63) is 59.0 Å². The SMILES string of the molecule is CNC1(NC(=O)c2cc(-c3cnn(-c4ccc(C(F)(C(F)(F)F)C(F)(F)C(F)(F)F)n4C)c3)ccc2Cl)CC1. The van der Waals surface area contributed by atoms with Crippen LogP contribution in [-0.4, -0.2) is 51.2 Å². The second kappa shape index (κ2) is 9.18. The van der Waals surface area contributed by atoms with Crippen LogP contribution >= 0.6 is 11.6 Å². The number of aromatic nitrogens is 3. The molecule has 0 aliphatic heterocycles. The zero-order valence-corrected chi connectivity index (χ0v) is 20.7. The van der Waals surface area contributed by atoms with Gasteiger partial charge in [0.15, 0.2) is 0 Å². The number of rotatable bonds is 7. The molecule has 1 aliphatic carbocycles. The molecule has 212 valence electrons. The van der Waals surface area contributed by atoms with Crippen molar-refractivity contribution in [1.29, 1.82) is 0 Å². The van der Waals surface area contributed by atoms with Gasteiger partial charge in [0.2, 0.25) is 0 Å². The molecule has 1 atom stereocenters. The first-order chi connectivity index (χ1) is 17.9. The minimum absolute atomic E-state index is 0.103. The molecule has 2 aromatic heterocycles. The van der Waals surface area contributed by atoms with E-state index in [9.17, 15) is 44.3 Å². The van der Waals surface area contributed by atoms with Gasteiger partial charge < -0.3 is 9.88 Å². The third-order valence-corrected chi connectivity index (χ3v) is 6.90. The lowest BCUT2D eigenvalue weighted by atomic mass is 9.92. The molecule has 0 spiro atoms. The fraction of sp³-hybridized carbons (Fsp3) is 0.391. The summed E-state index contributed by atoms with van der Waals surface area (Å²) in [5.74, 6) is -7.73. The van der Waals surface area contributed by atoms with Crippen LogP contribution in [0, 0.1) is 0 Å². The maximum absolute atomic E-state index is 15.0. The minimum atomic E-state index is -6.84. The van der Waals surface area contributed by atoms with Crippen molar-refractivity contribution in [1.82, 2.24) is 25.0 Å². The van der Waals surface area contributed by atoms with Crippen LogP contribution in [0.1, 0.15) is 28.9 Å². The molecular formula is C23H19ClF9N5O. The molecule has 1 aliphatic rings. The fourth-order valence-corrected chi connectivity index (χ4v) is 4.28. The number of nitrogens with one attached hydrogen (secondary N) is 2. The molecule has 0 saturated heterocycles. The summed E-state index contributed by atoms with van der Waals surface area (Å²) in [5, 5.41) is 9.84. The molecule has 2 heterocycles. The zero-order chi connectivity index (χ0) is 29.2. The van der Waals surface area contributed by atoms with Crippen LogP contribution in [-0.2, 0) is 12.7 Å². The van der Waals surface area contributed by atoms with Gasteiger partial charge in [-0.15, -0.1) is 0 Å². The molecule has 0 radical (unpaired) electrons. The average Bonchev–Trinajstić information content (AvgIpc) is 3.25. The summed E-state index contributed by atoms with van der Waals surface area (Å²) < 4.78 is 123. The Morgan fingerprint density at radius 2 is 1.62 bits per heavy atom. The second-order valence-electron chi connectivity index (χ2n) is 9.02. The minimum Gasteiger partial charge on any atom is -0.334 e. The summed E-state index contributed by atoms with van der Waals surface area (Å²) in [4.78, 5) is 12.7. The normalized spacial score (nSPS) is 17.1. The number of halogens is 10. The quantitative estimate of drug-likeness (QED) is 0.268. The topological polar surface area (TPSA) is 63.9 Å². The molecule has 0 bridgehead atoms. The van der Waals surface area contributed by atoms with E-state index in [0.29, 0.717) is 31.5 Å². The smallest absolute Gasteiger partial charge is 0.334 e. The molecule has 1 unspecified atom stereocenters. The number of alkyl halides is 9. The van der Waals surface area contributed by atoms with Gasteiger partial charge in [0.1, 0.15) is 5.82 Å². The van der Waals surface area contributed by atoms with Crippen molar-refractivity contribution in [2.45, 2.75) is 42.4 Å². The molecular weight excluding hydrogens is 569 g/mol. The maximum Gasteiger partial charge on any atom is 0.457 e. The fourth-order valence-electron chi connectivity index (χ4n) is 4.08. The van der Waals surface area contributed by atoms with Gasteiger partial charge in [0, 0.05) is 18.8 Å². The van der Waals surface area contributed by atoms with Crippen molar-refractivity contribution in [3.63, 3.8) is 0 Å². The highest BCUT2D eigenvalue weighted by molar-refractivity contribution is 6.34. The van der Waals surface area contributed by atoms with Gasteiger partial charge in [-0.25, -0.2) is 9.07 Å². The molecule has 39 heavy (non-hydrogen) atoms. The van der Waals surface area contributed by atoms with Crippen molar-refractivity contribution < 1.29 is 44.3 Å². The Balaban J connectivity index is 1.70. The molecule has 1 fully saturated rings. The van der Waals surface area contributed by atoms with Crippen LogP contribution in [0.5, 0.6) is 0 Å². The van der Waals surface area contributed by atoms with Crippen LogP contribution in [0.25, 0.3) is 16.9 Å². The van der Waals surface area contributed by atoms with Crippen molar-refractivity contribution in [2.24, 2.45) is 7.05 Å². The number of carbonyl (C=O) groups is 1. The van der Waals surface area contributed by atoms with E-state index >= 15 is 0 Å². The first-order valence-electron chi connectivity index (χ1n) is 11.1. The molecule has 6 nitrogen and oxygen atoms in total. The van der Waals surface area contributed by atoms with E-state index in [-0.39, 0.29) is 26.8 Å². The number of hydrogen-bond acceptors (Lipinski definition) is 3. The van der Waals surface area contributed by atoms with Gasteiger partial charge >= 0.3 is 23.9 Å². The molecule has 1 saturated carbocycles. The predicted octanol–water partition coefficient (Wildman–Crippen LogP) is 5.90. The van der Waals surface area contributed by atoms with Gasteiger partial charge in [-0.3, -0.25) is 10.1 Å². The van der Waals surface area contributed by atoms with Gasteiger partial charge in [0.05, 0.1) is 28.1 Å². The lowest BCUT2D eigenvalue weighted by Gasteiger charge is -2.36. The number of carbonyl (C=O) groups excluding carboxylic acids is 1. The first kappa shape index (κ1) is 28.8. The Bertz CT molecular complexity index is 1410. The molecule has 16 heteroatoms. The lowest BCUT2D eigenvalue weighted by molar-refractivity contribution is -0.390. The highest BCUT2D eigenvalue weighted by Gasteiger charge is 2.82. The van der Waals surface area contributed by atoms with E-state index in [1.54, 1.807) is 7.05 Å². The van der Waals surface area contributed by atoms with Crippen LogP contribution in [0.4, 0.5) is 39.5 Å². The van der Waals surface area contributed by atoms with Crippen molar-refractivity contribution >= 4 is 17.5 Å². The van der Waals surface area contributed by atoms with E-state index < -0.39 is 47.0 Å². The Hall–Kier alpha value is -3.20. The lowest BCUT2D eigenvalue weighted by Crippen LogP contribution is -2.60. The van der Waals surface area contributed by atoms with Gasteiger partial charge in [-0.05, 0) is 49.7 Å².